The molecule has 0 saturated carbocycles. The van der Waals surface area contributed by atoms with Crippen molar-refractivity contribution in [2.75, 3.05) is 31.1 Å². The molecule has 4 aromatic rings. The zero-order valence-corrected chi connectivity index (χ0v) is 19.0. The molecule has 1 aliphatic rings. The van der Waals surface area contributed by atoms with E-state index < -0.39 is 6.09 Å². The van der Waals surface area contributed by atoms with Crippen LogP contribution in [-0.2, 0) is 0 Å². The van der Waals surface area contributed by atoms with E-state index in [1.807, 2.05) is 32.2 Å². The number of amides is 1. The van der Waals surface area contributed by atoms with E-state index in [1.54, 1.807) is 28.2 Å². The normalized spacial score (nSPS) is 14.0. The number of carboxylic acid groups (broad SMARTS) is 1. The lowest BCUT2D eigenvalue weighted by Crippen LogP contribution is -2.48. The number of aryl methyl sites for hydroxylation is 2. The zero-order chi connectivity index (χ0) is 23.1. The molecule has 10 heteroatoms. The number of rotatable bonds is 3. The van der Waals surface area contributed by atoms with Crippen LogP contribution < -0.4 is 4.90 Å². The fraction of sp³-hybridized carbons (Fsp3) is 0.261. The van der Waals surface area contributed by atoms with E-state index in [4.69, 9.17) is 5.11 Å². The molecule has 4 aromatic heterocycles. The van der Waals surface area contributed by atoms with Crippen LogP contribution >= 0.6 is 11.3 Å². The fourth-order valence-electron chi connectivity index (χ4n) is 4.21. The molecule has 5 heterocycles. The third-order valence-electron chi connectivity index (χ3n) is 5.83. The number of hydrogen-bond acceptors (Lipinski definition) is 7. The second-order valence-electron chi connectivity index (χ2n) is 7.91. The molecule has 1 fully saturated rings. The number of fused-ring (bicyclic) bond motifs is 1. The highest BCUT2D eigenvalue weighted by molar-refractivity contribution is 7.15. The molecular formula is C23H21N7O2S. The van der Waals surface area contributed by atoms with Gasteiger partial charge in [-0.05, 0) is 32.0 Å². The summed E-state index contributed by atoms with van der Waals surface area (Å²) in [6.07, 6.45) is 4.43. The predicted octanol–water partition coefficient (Wildman–Crippen LogP) is 3.81. The molecule has 0 bridgehead atoms. The molecule has 166 valence electrons. The second kappa shape index (κ2) is 8.18. The maximum atomic E-state index is 11.1. The van der Waals surface area contributed by atoms with Gasteiger partial charge < -0.3 is 14.9 Å². The quantitative estimate of drug-likeness (QED) is 0.496. The summed E-state index contributed by atoms with van der Waals surface area (Å²) in [6.45, 7) is 6.09. The molecule has 0 spiro atoms. The molecule has 1 amide bonds. The lowest BCUT2D eigenvalue weighted by atomic mass is 10.0. The van der Waals surface area contributed by atoms with Crippen molar-refractivity contribution >= 4 is 28.8 Å². The minimum atomic E-state index is -0.887. The zero-order valence-electron chi connectivity index (χ0n) is 18.2. The molecule has 1 N–H and O–H groups in total. The Morgan fingerprint density at radius 3 is 2.55 bits per heavy atom. The topological polar surface area (TPSA) is 111 Å². The molecule has 33 heavy (non-hydrogen) atoms. The van der Waals surface area contributed by atoms with Gasteiger partial charge in [-0.15, -0.1) is 11.3 Å². The summed E-state index contributed by atoms with van der Waals surface area (Å²) >= 11 is 1.63. The molecule has 0 unspecified atom stereocenters. The van der Waals surface area contributed by atoms with Gasteiger partial charge in [0.25, 0.3) is 0 Å². The van der Waals surface area contributed by atoms with Crippen molar-refractivity contribution in [3.05, 3.63) is 53.1 Å². The first-order chi connectivity index (χ1) is 15.9. The Morgan fingerprint density at radius 2 is 1.94 bits per heavy atom. The van der Waals surface area contributed by atoms with Crippen molar-refractivity contribution in [2.45, 2.75) is 13.8 Å². The Kier molecular flexibility index (Phi) is 5.18. The van der Waals surface area contributed by atoms with Crippen LogP contribution in [0.2, 0.25) is 0 Å². The van der Waals surface area contributed by atoms with Gasteiger partial charge in [-0.25, -0.2) is 19.3 Å². The monoisotopic (exact) mass is 459 g/mol. The van der Waals surface area contributed by atoms with Crippen LogP contribution in [-0.4, -0.2) is 61.9 Å². The summed E-state index contributed by atoms with van der Waals surface area (Å²) in [5.41, 5.74) is 4.95. The van der Waals surface area contributed by atoms with Gasteiger partial charge in [0.1, 0.15) is 11.9 Å². The number of thiazole rings is 1. The van der Waals surface area contributed by atoms with Gasteiger partial charge in [0.2, 0.25) is 0 Å². The highest BCUT2D eigenvalue weighted by Crippen LogP contribution is 2.35. The van der Waals surface area contributed by atoms with Crippen LogP contribution in [0.25, 0.3) is 27.1 Å². The Bertz CT molecular complexity index is 1390. The number of nitrogens with zero attached hydrogens (tertiary/aromatic N) is 7. The Hall–Kier alpha value is -3.97. The first-order valence-corrected chi connectivity index (χ1v) is 11.3. The van der Waals surface area contributed by atoms with Crippen molar-refractivity contribution < 1.29 is 9.90 Å². The summed E-state index contributed by atoms with van der Waals surface area (Å²) in [4.78, 5) is 24.9. The number of nitriles is 1. The van der Waals surface area contributed by atoms with Crippen LogP contribution in [0.3, 0.4) is 0 Å². The first kappa shape index (κ1) is 20.9. The molecule has 9 nitrogen and oxygen atoms in total. The van der Waals surface area contributed by atoms with Crippen LogP contribution in [0.15, 0.2) is 36.8 Å². The predicted molar refractivity (Wildman–Crippen MR) is 126 cm³/mol. The molecule has 0 aromatic carbocycles. The fourth-order valence-corrected chi connectivity index (χ4v) is 5.11. The van der Waals surface area contributed by atoms with Crippen molar-refractivity contribution in [2.24, 2.45) is 0 Å². The second-order valence-corrected chi connectivity index (χ2v) is 9.12. The average molecular weight is 460 g/mol. The van der Waals surface area contributed by atoms with E-state index in [9.17, 15) is 10.1 Å². The summed E-state index contributed by atoms with van der Waals surface area (Å²) < 4.78 is 1.75. The lowest BCUT2D eigenvalue weighted by molar-refractivity contribution is 0.142. The minimum Gasteiger partial charge on any atom is -0.465 e. The van der Waals surface area contributed by atoms with Crippen LogP contribution in [0.1, 0.15) is 16.3 Å². The molecule has 0 aliphatic carbocycles. The van der Waals surface area contributed by atoms with Crippen LogP contribution in [0.5, 0.6) is 0 Å². The Balaban J connectivity index is 1.54. The van der Waals surface area contributed by atoms with Crippen molar-refractivity contribution in [3.63, 3.8) is 0 Å². The molecule has 0 atom stereocenters. The van der Waals surface area contributed by atoms with E-state index in [2.05, 4.69) is 32.1 Å². The van der Waals surface area contributed by atoms with E-state index in [-0.39, 0.29) is 0 Å². The van der Waals surface area contributed by atoms with Gasteiger partial charge in [0.05, 0.1) is 32.9 Å². The van der Waals surface area contributed by atoms with Crippen molar-refractivity contribution in [3.8, 4) is 27.6 Å². The lowest BCUT2D eigenvalue weighted by Gasteiger charge is -2.33. The summed E-state index contributed by atoms with van der Waals surface area (Å²) in [5, 5.41) is 24.2. The van der Waals surface area contributed by atoms with Crippen LogP contribution in [0.4, 0.5) is 10.6 Å². The molecule has 0 radical (unpaired) electrons. The van der Waals surface area contributed by atoms with E-state index in [1.165, 1.54) is 4.90 Å². The van der Waals surface area contributed by atoms with Gasteiger partial charge >= 0.3 is 6.09 Å². The van der Waals surface area contributed by atoms with Gasteiger partial charge in [-0.1, -0.05) is 0 Å². The van der Waals surface area contributed by atoms with Crippen molar-refractivity contribution in [1.29, 1.82) is 5.26 Å². The minimum absolute atomic E-state index is 0.455. The largest absolute Gasteiger partial charge is 0.465 e. The van der Waals surface area contributed by atoms with E-state index in [0.717, 1.165) is 43.6 Å². The van der Waals surface area contributed by atoms with Gasteiger partial charge in [-0.2, -0.15) is 10.4 Å². The third-order valence-corrected chi connectivity index (χ3v) is 6.95. The van der Waals surface area contributed by atoms with Gasteiger partial charge in [0, 0.05) is 55.3 Å². The number of pyridine rings is 2. The summed E-state index contributed by atoms with van der Waals surface area (Å²) in [6, 6.07) is 8.24. The molecule has 1 saturated heterocycles. The summed E-state index contributed by atoms with van der Waals surface area (Å²) in [7, 11) is 0. The highest BCUT2D eigenvalue weighted by Gasteiger charge is 2.22. The average Bonchev–Trinajstić information content (AvgIpc) is 3.40. The highest BCUT2D eigenvalue weighted by atomic mass is 32.1. The maximum absolute atomic E-state index is 11.1. The SMILES string of the molecule is Cc1nc(C)c(-c2cc(-c3ccc(N4CCN(C(=O)O)CC4)nc3)c3c(C#N)cnn3c2)s1. The molecular weight excluding hydrogens is 438 g/mol. The molecule has 1 aliphatic heterocycles. The number of piperazine rings is 1. The Labute approximate surface area is 194 Å². The van der Waals surface area contributed by atoms with Gasteiger partial charge in [0.15, 0.2) is 0 Å². The maximum Gasteiger partial charge on any atom is 0.407 e. The Morgan fingerprint density at radius 1 is 1.15 bits per heavy atom. The van der Waals surface area contributed by atoms with E-state index >= 15 is 0 Å². The van der Waals surface area contributed by atoms with Gasteiger partial charge in [-0.3, -0.25) is 0 Å². The van der Waals surface area contributed by atoms with E-state index in [0.29, 0.717) is 31.7 Å². The van der Waals surface area contributed by atoms with Crippen molar-refractivity contribution in [1.82, 2.24) is 24.5 Å². The smallest absolute Gasteiger partial charge is 0.407 e. The summed E-state index contributed by atoms with van der Waals surface area (Å²) in [5.74, 6) is 0.805. The number of hydrogen-bond donors (Lipinski definition) is 1. The number of aromatic nitrogens is 4. The standard InChI is InChI=1S/C23H21N7O2S/c1-14-22(33-15(2)27-14)17-9-19(21-18(10-24)12-26-30(21)13-17)16-3-4-20(25-11-16)28-5-7-29(8-6-28)23(31)32/h3-4,9,11-13H,5-8H2,1-2H3,(H,31,32). The first-order valence-electron chi connectivity index (χ1n) is 10.5. The number of carbonyl (C=O) groups is 1. The molecule has 5 rings (SSSR count). The third kappa shape index (κ3) is 3.76. The van der Waals surface area contributed by atoms with Crippen LogP contribution in [0, 0.1) is 25.2 Å². The number of anilines is 1.